The normalized spacial score (nSPS) is 10.8. The molecule has 106 valence electrons. The Hall–Kier alpha value is -1.59. The average molecular weight is 360 g/mol. The highest BCUT2D eigenvalue weighted by Gasteiger charge is 2.13. The number of pyridine rings is 1. The summed E-state index contributed by atoms with van der Waals surface area (Å²) in [7, 11) is 0. The molecule has 0 radical (unpaired) electrons. The smallest absolute Gasteiger partial charge is 0.0740 e. The Morgan fingerprint density at radius 1 is 1.00 bits per heavy atom. The van der Waals surface area contributed by atoms with E-state index in [4.69, 9.17) is 0 Å². The molecule has 0 unspecified atom stereocenters. The molecule has 0 saturated carbocycles. The van der Waals surface area contributed by atoms with Crippen molar-refractivity contribution in [3.63, 3.8) is 0 Å². The van der Waals surface area contributed by atoms with Crippen molar-refractivity contribution >= 4 is 27.7 Å². The molecule has 0 atom stereocenters. The Bertz CT molecular complexity index is 751. The maximum Gasteiger partial charge on any atom is 0.0740 e. The molecule has 2 aromatic heterocycles. The SMILES string of the molecule is Cc1nn(-c2ccncc2)c(C)c1Sc1ccc(Br)cc1. The fourth-order valence-corrected chi connectivity index (χ4v) is 3.33. The van der Waals surface area contributed by atoms with Gasteiger partial charge in [-0.3, -0.25) is 4.98 Å². The lowest BCUT2D eigenvalue weighted by molar-refractivity contribution is 0.830. The van der Waals surface area contributed by atoms with Gasteiger partial charge in [-0.05, 0) is 50.2 Å². The summed E-state index contributed by atoms with van der Waals surface area (Å²) in [6, 6.07) is 12.3. The van der Waals surface area contributed by atoms with Crippen LogP contribution in [0.3, 0.4) is 0 Å². The standard InChI is InChI=1S/C16H14BrN3S/c1-11-16(21-15-5-3-13(17)4-6-15)12(2)20(19-11)14-7-9-18-10-8-14/h3-10H,1-2H3. The lowest BCUT2D eigenvalue weighted by Gasteiger charge is -2.05. The Kier molecular flexibility index (Phi) is 4.12. The van der Waals surface area contributed by atoms with Gasteiger partial charge in [0.1, 0.15) is 0 Å². The van der Waals surface area contributed by atoms with Crippen LogP contribution in [-0.2, 0) is 0 Å². The minimum atomic E-state index is 1.04. The number of benzene rings is 1. The first kappa shape index (κ1) is 14.4. The molecule has 0 aliphatic carbocycles. The summed E-state index contributed by atoms with van der Waals surface area (Å²) in [5, 5.41) is 4.65. The van der Waals surface area contributed by atoms with E-state index in [0.29, 0.717) is 0 Å². The summed E-state index contributed by atoms with van der Waals surface area (Å²) in [6.07, 6.45) is 3.57. The molecule has 0 fully saturated rings. The van der Waals surface area contributed by atoms with Crippen molar-refractivity contribution in [2.45, 2.75) is 23.6 Å². The van der Waals surface area contributed by atoms with Crippen molar-refractivity contribution in [2.75, 3.05) is 0 Å². The maximum absolute atomic E-state index is 4.65. The van der Waals surface area contributed by atoms with E-state index in [1.807, 2.05) is 23.7 Å². The zero-order valence-electron chi connectivity index (χ0n) is 11.7. The molecule has 0 spiro atoms. The zero-order chi connectivity index (χ0) is 14.8. The molecule has 0 amide bonds. The maximum atomic E-state index is 4.65. The molecule has 0 aliphatic heterocycles. The molecule has 1 aromatic carbocycles. The van der Waals surface area contributed by atoms with Crippen LogP contribution < -0.4 is 0 Å². The summed E-state index contributed by atoms with van der Waals surface area (Å²) in [4.78, 5) is 6.47. The summed E-state index contributed by atoms with van der Waals surface area (Å²) in [5.41, 5.74) is 3.22. The molecule has 5 heteroatoms. The van der Waals surface area contributed by atoms with Gasteiger partial charge in [0.25, 0.3) is 0 Å². The highest BCUT2D eigenvalue weighted by atomic mass is 79.9. The predicted molar refractivity (Wildman–Crippen MR) is 89.1 cm³/mol. The first-order chi connectivity index (χ1) is 10.1. The molecule has 3 nitrogen and oxygen atoms in total. The van der Waals surface area contributed by atoms with Gasteiger partial charge in [-0.2, -0.15) is 5.10 Å². The topological polar surface area (TPSA) is 30.7 Å². The van der Waals surface area contributed by atoms with Crippen molar-refractivity contribution < 1.29 is 0 Å². The molecule has 2 heterocycles. The molecule has 0 N–H and O–H groups in total. The van der Waals surface area contributed by atoms with Crippen molar-refractivity contribution in [2.24, 2.45) is 0 Å². The Morgan fingerprint density at radius 3 is 2.33 bits per heavy atom. The number of rotatable bonds is 3. The van der Waals surface area contributed by atoms with E-state index in [9.17, 15) is 0 Å². The van der Waals surface area contributed by atoms with Gasteiger partial charge < -0.3 is 0 Å². The number of halogens is 1. The number of aromatic nitrogens is 3. The van der Waals surface area contributed by atoms with Crippen LogP contribution in [0.4, 0.5) is 0 Å². The van der Waals surface area contributed by atoms with E-state index in [-0.39, 0.29) is 0 Å². The van der Waals surface area contributed by atoms with E-state index < -0.39 is 0 Å². The molecule has 3 aromatic rings. The Balaban J connectivity index is 1.97. The van der Waals surface area contributed by atoms with E-state index in [1.54, 1.807) is 24.2 Å². The fraction of sp³-hybridized carbons (Fsp3) is 0.125. The quantitative estimate of drug-likeness (QED) is 0.672. The molecule has 0 bridgehead atoms. The van der Waals surface area contributed by atoms with Crippen LogP contribution in [0.1, 0.15) is 11.4 Å². The first-order valence-corrected chi connectivity index (χ1v) is 8.16. The van der Waals surface area contributed by atoms with E-state index >= 15 is 0 Å². The third kappa shape index (κ3) is 3.04. The van der Waals surface area contributed by atoms with Gasteiger partial charge in [-0.15, -0.1) is 0 Å². The number of hydrogen-bond acceptors (Lipinski definition) is 3. The largest absolute Gasteiger partial charge is 0.265 e. The van der Waals surface area contributed by atoms with Crippen molar-refractivity contribution in [1.29, 1.82) is 0 Å². The van der Waals surface area contributed by atoms with Crippen molar-refractivity contribution in [1.82, 2.24) is 14.8 Å². The number of hydrogen-bond donors (Lipinski definition) is 0. The number of nitrogens with zero attached hydrogens (tertiary/aromatic N) is 3. The minimum Gasteiger partial charge on any atom is -0.265 e. The predicted octanol–water partition coefficient (Wildman–Crippen LogP) is 4.80. The lowest BCUT2D eigenvalue weighted by Crippen LogP contribution is -1.98. The third-order valence-electron chi connectivity index (χ3n) is 3.17. The molecule has 0 aliphatic rings. The highest BCUT2D eigenvalue weighted by molar-refractivity contribution is 9.10. The highest BCUT2D eigenvalue weighted by Crippen LogP contribution is 2.34. The summed E-state index contributed by atoms with van der Waals surface area (Å²) >= 11 is 5.21. The van der Waals surface area contributed by atoms with Crippen LogP contribution in [-0.4, -0.2) is 14.8 Å². The average Bonchev–Trinajstić information content (AvgIpc) is 2.78. The summed E-state index contributed by atoms with van der Waals surface area (Å²) in [5.74, 6) is 0. The van der Waals surface area contributed by atoms with Gasteiger partial charge in [-0.1, -0.05) is 27.7 Å². The van der Waals surface area contributed by atoms with Gasteiger partial charge >= 0.3 is 0 Å². The Morgan fingerprint density at radius 2 is 1.67 bits per heavy atom. The van der Waals surface area contributed by atoms with E-state index in [1.165, 1.54) is 9.79 Å². The second-order valence-corrected chi connectivity index (χ2v) is 6.67. The van der Waals surface area contributed by atoms with Gasteiger partial charge in [0, 0.05) is 21.8 Å². The minimum absolute atomic E-state index is 1.04. The van der Waals surface area contributed by atoms with E-state index in [2.05, 4.69) is 57.2 Å². The first-order valence-electron chi connectivity index (χ1n) is 6.55. The van der Waals surface area contributed by atoms with Crippen LogP contribution in [0.15, 0.2) is 63.1 Å². The monoisotopic (exact) mass is 359 g/mol. The Labute approximate surface area is 136 Å². The van der Waals surface area contributed by atoms with Crippen LogP contribution in [0.25, 0.3) is 5.69 Å². The fourth-order valence-electron chi connectivity index (χ4n) is 2.13. The van der Waals surface area contributed by atoms with E-state index in [0.717, 1.165) is 21.5 Å². The number of aryl methyl sites for hydroxylation is 1. The molecular weight excluding hydrogens is 346 g/mol. The molecule has 21 heavy (non-hydrogen) atoms. The molecule has 3 rings (SSSR count). The van der Waals surface area contributed by atoms with Gasteiger partial charge in [0.15, 0.2) is 0 Å². The van der Waals surface area contributed by atoms with Crippen molar-refractivity contribution in [3.05, 3.63) is 64.7 Å². The lowest BCUT2D eigenvalue weighted by atomic mass is 10.3. The van der Waals surface area contributed by atoms with Gasteiger partial charge in [-0.25, -0.2) is 4.68 Å². The second-order valence-electron chi connectivity index (χ2n) is 4.67. The zero-order valence-corrected chi connectivity index (χ0v) is 14.1. The third-order valence-corrected chi connectivity index (χ3v) is 5.00. The molecular formula is C16H14BrN3S. The van der Waals surface area contributed by atoms with Crippen LogP contribution in [0.2, 0.25) is 0 Å². The van der Waals surface area contributed by atoms with Crippen LogP contribution in [0, 0.1) is 13.8 Å². The second kappa shape index (κ2) is 6.03. The van der Waals surface area contributed by atoms with Crippen LogP contribution in [0.5, 0.6) is 0 Å². The van der Waals surface area contributed by atoms with Gasteiger partial charge in [0.05, 0.1) is 22.0 Å². The van der Waals surface area contributed by atoms with Crippen LogP contribution >= 0.6 is 27.7 Å². The molecule has 0 saturated heterocycles. The van der Waals surface area contributed by atoms with Crippen molar-refractivity contribution in [3.8, 4) is 5.69 Å². The van der Waals surface area contributed by atoms with Gasteiger partial charge in [0.2, 0.25) is 0 Å². The summed E-state index contributed by atoms with van der Waals surface area (Å²) in [6.45, 7) is 4.15. The summed E-state index contributed by atoms with van der Waals surface area (Å²) < 4.78 is 3.06.